The predicted octanol–water partition coefficient (Wildman–Crippen LogP) is 4.58. The van der Waals surface area contributed by atoms with Crippen molar-refractivity contribution in [2.24, 2.45) is 0 Å². The first-order chi connectivity index (χ1) is 14.2. The van der Waals surface area contributed by atoms with Crippen molar-refractivity contribution >= 4 is 11.7 Å². The van der Waals surface area contributed by atoms with Gasteiger partial charge in [-0.1, -0.05) is 6.07 Å². The van der Waals surface area contributed by atoms with Gasteiger partial charge >= 0.3 is 12.3 Å². The number of hydrogen-bond acceptors (Lipinski definition) is 3. The van der Waals surface area contributed by atoms with Crippen molar-refractivity contribution in [3.63, 3.8) is 0 Å². The molecule has 2 aromatic heterocycles. The number of alkyl halides is 3. The predicted molar refractivity (Wildman–Crippen MR) is 97.6 cm³/mol. The number of carbonyl (C=O) groups is 1. The Morgan fingerprint density at radius 3 is 2.73 bits per heavy atom. The summed E-state index contributed by atoms with van der Waals surface area (Å²) in [5, 5.41) is 9.62. The van der Waals surface area contributed by atoms with E-state index >= 15 is 0 Å². The third-order valence-electron chi connectivity index (χ3n) is 5.14. The molecule has 10 heteroatoms. The number of imidazole rings is 1. The van der Waals surface area contributed by atoms with Crippen LogP contribution in [0.25, 0.3) is 5.65 Å². The highest BCUT2D eigenvalue weighted by Crippen LogP contribution is 2.36. The number of ether oxygens (including phenoxy) is 1. The molecule has 0 atom stereocenters. The van der Waals surface area contributed by atoms with Gasteiger partial charge < -0.3 is 19.1 Å². The molecule has 1 aliphatic carbocycles. The van der Waals surface area contributed by atoms with E-state index in [1.54, 1.807) is 28.9 Å². The highest BCUT2D eigenvalue weighted by molar-refractivity contribution is 5.66. The summed E-state index contributed by atoms with van der Waals surface area (Å²) < 4.78 is 59.2. The van der Waals surface area contributed by atoms with Gasteiger partial charge in [0.25, 0.3) is 0 Å². The maximum absolute atomic E-state index is 13.4. The van der Waals surface area contributed by atoms with Gasteiger partial charge in [-0.3, -0.25) is 0 Å². The van der Waals surface area contributed by atoms with Gasteiger partial charge in [-0.05, 0) is 24.3 Å². The Morgan fingerprint density at radius 2 is 2.03 bits per heavy atom. The van der Waals surface area contributed by atoms with Crippen molar-refractivity contribution in [1.29, 1.82) is 0 Å². The Bertz CT molecular complexity index is 1080. The molecule has 1 amide bonds. The van der Waals surface area contributed by atoms with Crippen LogP contribution in [0.1, 0.15) is 24.0 Å². The average Bonchev–Trinajstić information content (AvgIpc) is 3.12. The summed E-state index contributed by atoms with van der Waals surface area (Å²) in [7, 11) is 0. The zero-order valence-corrected chi connectivity index (χ0v) is 15.5. The standard InChI is InChI=1S/C20H17F4N3O3/c21-17-4-3-14(10-16(17)20(22,23)24)30-15-8-13(9-15)27(19(28)29)11-12-2-1-6-26-7-5-25-18(12)26/h1-7,10,13,15H,8-9,11H2,(H,28,29). The molecule has 1 saturated carbocycles. The van der Waals surface area contributed by atoms with E-state index in [0.29, 0.717) is 30.6 Å². The number of benzene rings is 1. The van der Waals surface area contributed by atoms with Crippen LogP contribution >= 0.6 is 0 Å². The van der Waals surface area contributed by atoms with E-state index in [0.717, 1.165) is 11.6 Å². The maximum atomic E-state index is 13.4. The summed E-state index contributed by atoms with van der Waals surface area (Å²) in [4.78, 5) is 17.3. The molecule has 0 radical (unpaired) electrons. The summed E-state index contributed by atoms with van der Waals surface area (Å²) >= 11 is 0. The van der Waals surface area contributed by atoms with Gasteiger partial charge in [-0.2, -0.15) is 13.2 Å². The van der Waals surface area contributed by atoms with Crippen LogP contribution in [0.5, 0.6) is 5.75 Å². The molecule has 3 aromatic rings. The van der Waals surface area contributed by atoms with Crippen LogP contribution in [0.3, 0.4) is 0 Å². The number of fused-ring (bicyclic) bond motifs is 1. The average molecular weight is 423 g/mol. The Balaban J connectivity index is 1.42. The number of hydrogen-bond donors (Lipinski definition) is 1. The lowest BCUT2D eigenvalue weighted by Gasteiger charge is -2.41. The molecule has 0 bridgehead atoms. The van der Waals surface area contributed by atoms with Crippen molar-refractivity contribution in [3.05, 3.63) is 65.9 Å². The lowest BCUT2D eigenvalue weighted by molar-refractivity contribution is -0.140. The monoisotopic (exact) mass is 423 g/mol. The van der Waals surface area contributed by atoms with Crippen molar-refractivity contribution in [1.82, 2.24) is 14.3 Å². The van der Waals surface area contributed by atoms with Gasteiger partial charge in [0, 0.05) is 43.0 Å². The maximum Gasteiger partial charge on any atom is 0.419 e. The van der Waals surface area contributed by atoms with Crippen LogP contribution in [-0.2, 0) is 12.7 Å². The van der Waals surface area contributed by atoms with E-state index in [-0.39, 0.29) is 18.3 Å². The summed E-state index contributed by atoms with van der Waals surface area (Å²) in [5.74, 6) is -1.47. The van der Waals surface area contributed by atoms with Gasteiger partial charge in [0.2, 0.25) is 0 Å². The van der Waals surface area contributed by atoms with Crippen molar-refractivity contribution in [2.45, 2.75) is 37.7 Å². The molecule has 4 rings (SSSR count). The van der Waals surface area contributed by atoms with E-state index in [2.05, 4.69) is 4.98 Å². The number of carboxylic acid groups (broad SMARTS) is 1. The zero-order chi connectivity index (χ0) is 21.5. The molecule has 0 aliphatic heterocycles. The van der Waals surface area contributed by atoms with Crippen molar-refractivity contribution in [2.75, 3.05) is 0 Å². The van der Waals surface area contributed by atoms with Crippen LogP contribution in [-0.4, -0.2) is 37.6 Å². The van der Waals surface area contributed by atoms with E-state index in [1.807, 2.05) is 6.20 Å². The van der Waals surface area contributed by atoms with Crippen LogP contribution in [0.4, 0.5) is 22.4 Å². The smallest absolute Gasteiger partial charge is 0.419 e. The number of halogens is 4. The Morgan fingerprint density at radius 1 is 1.27 bits per heavy atom. The molecule has 2 heterocycles. The lowest BCUT2D eigenvalue weighted by Crippen LogP contribution is -2.50. The van der Waals surface area contributed by atoms with E-state index in [4.69, 9.17) is 4.74 Å². The molecule has 1 aromatic carbocycles. The van der Waals surface area contributed by atoms with Crippen LogP contribution in [0.15, 0.2) is 48.9 Å². The first-order valence-electron chi connectivity index (χ1n) is 9.16. The first kappa shape index (κ1) is 20.0. The SMILES string of the molecule is O=C(O)N(Cc1cccn2ccnc12)C1CC(Oc2ccc(F)c(C(F)(F)F)c2)C1. The minimum Gasteiger partial charge on any atom is -0.490 e. The summed E-state index contributed by atoms with van der Waals surface area (Å²) in [6.07, 6.45) is -0.546. The Labute approximate surface area is 168 Å². The Kier molecular flexibility index (Phi) is 5.00. The summed E-state index contributed by atoms with van der Waals surface area (Å²) in [6, 6.07) is 5.71. The fourth-order valence-corrected chi connectivity index (χ4v) is 3.54. The molecule has 30 heavy (non-hydrogen) atoms. The fraction of sp³-hybridized carbons (Fsp3) is 0.300. The van der Waals surface area contributed by atoms with E-state index in [9.17, 15) is 27.5 Å². The molecular formula is C20H17F4N3O3. The van der Waals surface area contributed by atoms with E-state index < -0.39 is 29.8 Å². The fourth-order valence-electron chi connectivity index (χ4n) is 3.54. The van der Waals surface area contributed by atoms with Gasteiger partial charge in [-0.15, -0.1) is 0 Å². The normalized spacial score (nSPS) is 18.8. The molecule has 6 nitrogen and oxygen atoms in total. The van der Waals surface area contributed by atoms with Crippen LogP contribution in [0.2, 0.25) is 0 Å². The molecule has 1 fully saturated rings. The summed E-state index contributed by atoms with van der Waals surface area (Å²) in [6.45, 7) is 0.128. The van der Waals surface area contributed by atoms with Crippen LogP contribution < -0.4 is 4.74 Å². The zero-order valence-electron chi connectivity index (χ0n) is 15.5. The summed E-state index contributed by atoms with van der Waals surface area (Å²) in [5.41, 5.74) is 0.000293. The van der Waals surface area contributed by atoms with E-state index in [1.165, 1.54) is 4.90 Å². The van der Waals surface area contributed by atoms with Gasteiger partial charge in [0.1, 0.15) is 23.3 Å². The minimum absolute atomic E-state index is 0.101. The second kappa shape index (κ2) is 7.51. The third kappa shape index (κ3) is 3.89. The van der Waals surface area contributed by atoms with Crippen molar-refractivity contribution in [3.8, 4) is 5.75 Å². The van der Waals surface area contributed by atoms with Gasteiger partial charge in [-0.25, -0.2) is 14.2 Å². The van der Waals surface area contributed by atoms with Gasteiger partial charge in [0.15, 0.2) is 0 Å². The number of amides is 1. The third-order valence-corrected chi connectivity index (χ3v) is 5.14. The topological polar surface area (TPSA) is 67.1 Å². The second-order valence-electron chi connectivity index (χ2n) is 7.11. The van der Waals surface area contributed by atoms with Crippen molar-refractivity contribution < 1.29 is 32.2 Å². The minimum atomic E-state index is -4.82. The molecule has 0 unspecified atom stereocenters. The largest absolute Gasteiger partial charge is 0.490 e. The Hall–Kier alpha value is -3.30. The van der Waals surface area contributed by atoms with Crippen LogP contribution in [0, 0.1) is 5.82 Å². The number of rotatable bonds is 5. The molecule has 1 N–H and O–H groups in total. The molecule has 158 valence electrons. The second-order valence-corrected chi connectivity index (χ2v) is 7.11. The van der Waals surface area contributed by atoms with Gasteiger partial charge in [0.05, 0.1) is 12.1 Å². The molecular weight excluding hydrogens is 406 g/mol. The quantitative estimate of drug-likeness (QED) is 0.610. The first-order valence-corrected chi connectivity index (χ1v) is 9.16. The number of aromatic nitrogens is 2. The number of nitrogens with zero attached hydrogens (tertiary/aromatic N) is 3. The lowest BCUT2D eigenvalue weighted by atomic mass is 9.87. The molecule has 0 spiro atoms. The highest BCUT2D eigenvalue weighted by Gasteiger charge is 2.39. The highest BCUT2D eigenvalue weighted by atomic mass is 19.4. The molecule has 1 aliphatic rings. The number of pyridine rings is 1. The molecule has 0 saturated heterocycles.